The van der Waals surface area contributed by atoms with Crippen molar-refractivity contribution in [2.45, 2.75) is 18.4 Å². The molecule has 17 heavy (non-hydrogen) atoms. The van der Waals surface area contributed by atoms with Gasteiger partial charge in [-0.05, 0) is 40.0 Å². The predicted octanol–water partition coefficient (Wildman–Crippen LogP) is 1.64. The third kappa shape index (κ3) is 2.68. The van der Waals surface area contributed by atoms with E-state index in [9.17, 15) is 5.11 Å². The summed E-state index contributed by atoms with van der Waals surface area (Å²) in [7, 11) is 1.66. The van der Waals surface area contributed by atoms with Crippen molar-refractivity contribution in [3.63, 3.8) is 0 Å². The van der Waals surface area contributed by atoms with E-state index >= 15 is 0 Å². The summed E-state index contributed by atoms with van der Waals surface area (Å²) < 4.78 is 11.3. The smallest absolute Gasteiger partial charge is 0.106 e. The van der Waals surface area contributed by atoms with Gasteiger partial charge in [0.15, 0.2) is 0 Å². The molecule has 0 bridgehead atoms. The number of halogens is 1. The molecule has 0 unspecified atom stereocenters. The van der Waals surface area contributed by atoms with Crippen LogP contribution in [0.2, 0.25) is 0 Å². The van der Waals surface area contributed by atoms with E-state index < -0.39 is 0 Å². The molecule has 0 spiro atoms. The zero-order chi connectivity index (χ0) is 12.3. The fourth-order valence-corrected chi connectivity index (χ4v) is 2.57. The van der Waals surface area contributed by atoms with E-state index in [1.54, 1.807) is 7.11 Å². The van der Waals surface area contributed by atoms with Crippen LogP contribution in [-0.4, -0.2) is 37.0 Å². The number of pyridine rings is 1. The van der Waals surface area contributed by atoms with Crippen molar-refractivity contribution in [3.05, 3.63) is 28.0 Å². The molecule has 0 aromatic carbocycles. The lowest BCUT2D eigenvalue weighted by Crippen LogP contribution is -2.32. The first-order valence-electron chi connectivity index (χ1n) is 5.55. The zero-order valence-electron chi connectivity index (χ0n) is 9.78. The maximum Gasteiger partial charge on any atom is 0.106 e. The number of aliphatic hydroxyl groups excluding tert-OH is 1. The van der Waals surface area contributed by atoms with Crippen LogP contribution in [0.3, 0.4) is 0 Å². The molecule has 0 aliphatic carbocycles. The SMILES string of the molecule is COCc1cc(Br)nc([C@@]2(CO)CCOC2)c1. The highest BCUT2D eigenvalue weighted by Crippen LogP contribution is 2.33. The number of rotatable bonds is 4. The summed E-state index contributed by atoms with van der Waals surface area (Å²) in [5.41, 5.74) is 1.56. The number of aliphatic hydroxyl groups is 1. The summed E-state index contributed by atoms with van der Waals surface area (Å²) in [6.45, 7) is 1.80. The molecule has 0 amide bonds. The van der Waals surface area contributed by atoms with E-state index in [1.807, 2.05) is 12.1 Å². The van der Waals surface area contributed by atoms with Gasteiger partial charge in [-0.25, -0.2) is 4.98 Å². The van der Waals surface area contributed by atoms with E-state index in [0.29, 0.717) is 19.8 Å². The Morgan fingerprint density at radius 2 is 2.41 bits per heavy atom. The molecular weight excluding hydrogens is 286 g/mol. The Labute approximate surface area is 109 Å². The topological polar surface area (TPSA) is 51.6 Å². The second kappa shape index (κ2) is 5.44. The van der Waals surface area contributed by atoms with Crippen molar-refractivity contribution in [2.24, 2.45) is 0 Å². The second-order valence-corrected chi connectivity index (χ2v) is 5.17. The molecule has 4 nitrogen and oxygen atoms in total. The quantitative estimate of drug-likeness (QED) is 0.859. The van der Waals surface area contributed by atoms with Crippen LogP contribution in [0.5, 0.6) is 0 Å². The van der Waals surface area contributed by atoms with E-state index in [1.165, 1.54) is 0 Å². The Balaban J connectivity index is 2.36. The number of ether oxygens (including phenoxy) is 2. The van der Waals surface area contributed by atoms with Crippen LogP contribution < -0.4 is 0 Å². The van der Waals surface area contributed by atoms with Gasteiger partial charge < -0.3 is 14.6 Å². The summed E-state index contributed by atoms with van der Waals surface area (Å²) in [6, 6.07) is 3.91. The van der Waals surface area contributed by atoms with E-state index in [0.717, 1.165) is 22.3 Å². The van der Waals surface area contributed by atoms with Gasteiger partial charge >= 0.3 is 0 Å². The van der Waals surface area contributed by atoms with Crippen molar-refractivity contribution in [2.75, 3.05) is 26.9 Å². The van der Waals surface area contributed by atoms with E-state index in [-0.39, 0.29) is 12.0 Å². The van der Waals surface area contributed by atoms with Crippen molar-refractivity contribution >= 4 is 15.9 Å². The molecule has 1 aliphatic rings. The number of hydrogen-bond acceptors (Lipinski definition) is 4. The van der Waals surface area contributed by atoms with E-state index in [4.69, 9.17) is 9.47 Å². The lowest BCUT2D eigenvalue weighted by Gasteiger charge is -2.24. The molecule has 1 saturated heterocycles. The van der Waals surface area contributed by atoms with Crippen LogP contribution in [0.4, 0.5) is 0 Å². The Kier molecular flexibility index (Phi) is 4.14. The third-order valence-electron chi connectivity index (χ3n) is 3.11. The van der Waals surface area contributed by atoms with Gasteiger partial charge in [-0.15, -0.1) is 0 Å². The predicted molar refractivity (Wildman–Crippen MR) is 66.8 cm³/mol. The average molecular weight is 302 g/mol. The minimum absolute atomic E-state index is 0.0584. The van der Waals surface area contributed by atoms with Gasteiger partial charge in [0.05, 0.1) is 30.9 Å². The van der Waals surface area contributed by atoms with Crippen molar-refractivity contribution in [1.29, 1.82) is 0 Å². The Hall–Kier alpha value is -0.490. The van der Waals surface area contributed by atoms with E-state index in [2.05, 4.69) is 20.9 Å². The summed E-state index contributed by atoms with van der Waals surface area (Å²) >= 11 is 3.39. The highest BCUT2D eigenvalue weighted by Gasteiger charge is 2.37. The van der Waals surface area contributed by atoms with Gasteiger partial charge in [0.25, 0.3) is 0 Å². The molecule has 94 valence electrons. The van der Waals surface area contributed by atoms with Crippen molar-refractivity contribution < 1.29 is 14.6 Å². The minimum atomic E-state index is -0.355. The Morgan fingerprint density at radius 3 is 3.00 bits per heavy atom. The molecule has 1 atom stereocenters. The lowest BCUT2D eigenvalue weighted by atomic mass is 9.84. The summed E-state index contributed by atoms with van der Waals surface area (Å²) in [6.07, 6.45) is 0.805. The fourth-order valence-electron chi connectivity index (χ4n) is 2.09. The number of hydrogen-bond donors (Lipinski definition) is 1. The van der Waals surface area contributed by atoms with Gasteiger partial charge in [0.1, 0.15) is 4.60 Å². The molecule has 1 N–H and O–H groups in total. The molecule has 0 radical (unpaired) electrons. The molecule has 2 heterocycles. The fraction of sp³-hybridized carbons (Fsp3) is 0.583. The van der Waals surface area contributed by atoms with Crippen LogP contribution in [-0.2, 0) is 21.5 Å². The number of nitrogens with zero attached hydrogens (tertiary/aromatic N) is 1. The molecule has 5 heteroatoms. The standard InChI is InChI=1S/C12H16BrNO3/c1-16-6-9-4-10(14-11(13)5-9)12(7-15)2-3-17-8-12/h4-5,15H,2-3,6-8H2,1H3/t12-/m1/s1. The molecule has 2 rings (SSSR count). The van der Waals surface area contributed by atoms with Crippen LogP contribution in [0.1, 0.15) is 17.7 Å². The highest BCUT2D eigenvalue weighted by atomic mass is 79.9. The third-order valence-corrected chi connectivity index (χ3v) is 3.52. The number of methoxy groups -OCH3 is 1. The molecule has 0 saturated carbocycles. The van der Waals surface area contributed by atoms with Crippen LogP contribution in [0.25, 0.3) is 0 Å². The molecule has 1 aliphatic heterocycles. The first-order chi connectivity index (χ1) is 8.20. The molecule has 1 fully saturated rings. The van der Waals surface area contributed by atoms with Crippen molar-refractivity contribution in [3.8, 4) is 0 Å². The Bertz CT molecular complexity index is 391. The van der Waals surface area contributed by atoms with Gasteiger partial charge in [0.2, 0.25) is 0 Å². The monoisotopic (exact) mass is 301 g/mol. The normalized spacial score (nSPS) is 24.2. The summed E-state index contributed by atoms with van der Waals surface area (Å²) in [5.74, 6) is 0. The molecule has 1 aromatic rings. The van der Waals surface area contributed by atoms with Crippen LogP contribution in [0, 0.1) is 0 Å². The largest absolute Gasteiger partial charge is 0.395 e. The Morgan fingerprint density at radius 1 is 1.59 bits per heavy atom. The maximum atomic E-state index is 9.62. The highest BCUT2D eigenvalue weighted by molar-refractivity contribution is 9.10. The lowest BCUT2D eigenvalue weighted by molar-refractivity contribution is 0.138. The van der Waals surface area contributed by atoms with Crippen LogP contribution in [0.15, 0.2) is 16.7 Å². The summed E-state index contributed by atoms with van der Waals surface area (Å²) in [4.78, 5) is 4.46. The van der Waals surface area contributed by atoms with Crippen LogP contribution >= 0.6 is 15.9 Å². The zero-order valence-corrected chi connectivity index (χ0v) is 11.4. The average Bonchev–Trinajstić information content (AvgIpc) is 2.78. The summed E-state index contributed by atoms with van der Waals surface area (Å²) in [5, 5.41) is 9.62. The molecule has 1 aromatic heterocycles. The molecular formula is C12H16BrNO3. The minimum Gasteiger partial charge on any atom is -0.395 e. The number of aromatic nitrogens is 1. The van der Waals surface area contributed by atoms with Crippen molar-refractivity contribution in [1.82, 2.24) is 4.98 Å². The van der Waals surface area contributed by atoms with Gasteiger partial charge in [-0.3, -0.25) is 0 Å². The van der Waals surface area contributed by atoms with Gasteiger partial charge in [-0.2, -0.15) is 0 Å². The second-order valence-electron chi connectivity index (χ2n) is 4.36. The first kappa shape index (κ1) is 13.0. The van der Waals surface area contributed by atoms with Gasteiger partial charge in [0, 0.05) is 13.7 Å². The maximum absolute atomic E-state index is 9.62. The van der Waals surface area contributed by atoms with Gasteiger partial charge in [-0.1, -0.05) is 0 Å². The first-order valence-corrected chi connectivity index (χ1v) is 6.34.